The Balaban J connectivity index is 1.54. The summed E-state index contributed by atoms with van der Waals surface area (Å²) in [7, 11) is -4.13. The standard InChI is InChI=1S/C35H46N2O7S/c1-35(2,3)44-34(39)37(45(4,40)41)32-22-31(20-21-33(32)43-25-28-16-10-6-11-17-28)42-26-30(38)24-36(29-18-12-7-13-19-29)23-27-14-8-5-9-15-27/h5-6,8-11,14-17,20-22,29-30,38H,7,12-13,18-19,23-26H2,1-4H3/t30-/m0/s1. The van der Waals surface area contributed by atoms with Crippen molar-refractivity contribution in [3.63, 3.8) is 0 Å². The molecule has 0 saturated heterocycles. The zero-order valence-electron chi connectivity index (χ0n) is 26.7. The number of benzene rings is 3. The van der Waals surface area contributed by atoms with E-state index in [0.717, 1.165) is 31.2 Å². The lowest BCUT2D eigenvalue weighted by molar-refractivity contribution is 0.0398. The van der Waals surface area contributed by atoms with Gasteiger partial charge >= 0.3 is 6.09 Å². The number of carbonyl (C=O) groups is 1. The molecule has 45 heavy (non-hydrogen) atoms. The van der Waals surface area contributed by atoms with Crippen LogP contribution in [-0.4, -0.2) is 61.7 Å². The lowest BCUT2D eigenvalue weighted by Crippen LogP contribution is -2.42. The second-order valence-corrected chi connectivity index (χ2v) is 14.4. The van der Waals surface area contributed by atoms with E-state index in [1.54, 1.807) is 32.9 Å². The van der Waals surface area contributed by atoms with E-state index in [1.807, 2.05) is 48.5 Å². The predicted octanol–water partition coefficient (Wildman–Crippen LogP) is 6.54. The third-order valence-electron chi connectivity index (χ3n) is 7.48. The van der Waals surface area contributed by atoms with Crippen molar-refractivity contribution >= 4 is 21.8 Å². The van der Waals surface area contributed by atoms with Crippen LogP contribution < -0.4 is 13.8 Å². The number of rotatable bonds is 13. The number of hydrogen-bond acceptors (Lipinski definition) is 8. The van der Waals surface area contributed by atoms with E-state index in [0.29, 0.717) is 16.9 Å². The van der Waals surface area contributed by atoms with Crippen LogP contribution in [0.5, 0.6) is 11.5 Å². The predicted molar refractivity (Wildman–Crippen MR) is 176 cm³/mol. The van der Waals surface area contributed by atoms with Crippen molar-refractivity contribution in [1.82, 2.24) is 4.90 Å². The maximum absolute atomic E-state index is 13.2. The molecule has 1 atom stereocenters. The van der Waals surface area contributed by atoms with E-state index in [1.165, 1.54) is 30.9 Å². The summed E-state index contributed by atoms with van der Waals surface area (Å²) in [5.41, 5.74) is 1.08. The minimum Gasteiger partial charge on any atom is -0.491 e. The lowest BCUT2D eigenvalue weighted by atomic mass is 9.93. The van der Waals surface area contributed by atoms with E-state index in [4.69, 9.17) is 14.2 Å². The molecule has 10 heteroatoms. The van der Waals surface area contributed by atoms with Gasteiger partial charge in [-0.25, -0.2) is 13.2 Å². The van der Waals surface area contributed by atoms with E-state index in [-0.39, 0.29) is 30.4 Å². The minimum atomic E-state index is -4.13. The summed E-state index contributed by atoms with van der Waals surface area (Å²) in [6, 6.07) is 24.7. The summed E-state index contributed by atoms with van der Waals surface area (Å²) in [6.07, 6.45) is 4.86. The molecule has 0 spiro atoms. The van der Waals surface area contributed by atoms with Gasteiger partial charge in [0.05, 0.1) is 6.26 Å². The maximum Gasteiger partial charge on any atom is 0.429 e. The average molecular weight is 639 g/mol. The molecule has 1 fully saturated rings. The Morgan fingerprint density at radius 1 is 0.911 bits per heavy atom. The van der Waals surface area contributed by atoms with Crippen molar-refractivity contribution in [3.8, 4) is 11.5 Å². The van der Waals surface area contributed by atoms with Crippen molar-refractivity contribution in [2.24, 2.45) is 0 Å². The minimum absolute atomic E-state index is 0.0209. The SMILES string of the molecule is CC(C)(C)OC(=O)N(c1cc(OC[C@@H](O)CN(Cc2ccccc2)C2CCCCC2)ccc1OCc1ccccc1)S(C)(=O)=O. The van der Waals surface area contributed by atoms with Crippen molar-refractivity contribution in [2.75, 3.05) is 23.7 Å². The number of aliphatic hydroxyl groups is 1. The number of nitrogens with zero attached hydrogens (tertiary/aromatic N) is 2. The zero-order chi connectivity index (χ0) is 32.5. The Bertz CT molecular complexity index is 1470. The van der Waals surface area contributed by atoms with Crippen LogP contribution in [-0.2, 0) is 27.9 Å². The molecule has 1 amide bonds. The van der Waals surface area contributed by atoms with Gasteiger partial charge in [0.1, 0.15) is 42.1 Å². The van der Waals surface area contributed by atoms with Crippen LogP contribution in [0.3, 0.4) is 0 Å². The van der Waals surface area contributed by atoms with Gasteiger partial charge in [-0.05, 0) is 56.9 Å². The molecule has 0 unspecified atom stereocenters. The highest BCUT2D eigenvalue weighted by Crippen LogP contribution is 2.36. The fourth-order valence-corrected chi connectivity index (χ4v) is 6.25. The average Bonchev–Trinajstić information content (AvgIpc) is 2.99. The second kappa shape index (κ2) is 15.6. The van der Waals surface area contributed by atoms with Gasteiger partial charge in [0, 0.05) is 25.2 Å². The van der Waals surface area contributed by atoms with Crippen molar-refractivity contribution in [2.45, 2.75) is 83.8 Å². The highest BCUT2D eigenvalue weighted by Gasteiger charge is 2.33. The van der Waals surface area contributed by atoms with Crippen LogP contribution in [0.25, 0.3) is 0 Å². The van der Waals surface area contributed by atoms with Gasteiger partial charge in [0.2, 0.25) is 10.0 Å². The fraction of sp³-hybridized carbons (Fsp3) is 0.457. The van der Waals surface area contributed by atoms with Crippen LogP contribution in [0.2, 0.25) is 0 Å². The quantitative estimate of drug-likeness (QED) is 0.225. The molecule has 4 rings (SSSR count). The first kappa shape index (κ1) is 34.3. The first-order chi connectivity index (χ1) is 21.4. The second-order valence-electron chi connectivity index (χ2n) is 12.6. The van der Waals surface area contributed by atoms with Gasteiger partial charge < -0.3 is 19.3 Å². The number of ether oxygens (including phenoxy) is 3. The normalized spacial score (nSPS) is 15.0. The Hall–Kier alpha value is -3.60. The molecular weight excluding hydrogens is 592 g/mol. The number of aliphatic hydroxyl groups excluding tert-OH is 1. The number of amides is 1. The molecule has 0 aliphatic heterocycles. The van der Waals surface area contributed by atoms with Crippen LogP contribution in [0.15, 0.2) is 78.9 Å². The molecule has 1 aliphatic rings. The molecule has 0 heterocycles. The summed E-state index contributed by atoms with van der Waals surface area (Å²) in [5.74, 6) is 0.440. The number of sulfonamides is 1. The molecule has 9 nitrogen and oxygen atoms in total. The molecule has 244 valence electrons. The van der Waals surface area contributed by atoms with Gasteiger partial charge in [-0.1, -0.05) is 79.9 Å². The molecule has 0 bridgehead atoms. The first-order valence-electron chi connectivity index (χ1n) is 15.5. The molecule has 3 aromatic carbocycles. The first-order valence-corrected chi connectivity index (χ1v) is 17.4. The van der Waals surface area contributed by atoms with Crippen molar-refractivity contribution in [1.29, 1.82) is 0 Å². The zero-order valence-corrected chi connectivity index (χ0v) is 27.5. The smallest absolute Gasteiger partial charge is 0.429 e. The number of hydrogen-bond donors (Lipinski definition) is 1. The monoisotopic (exact) mass is 638 g/mol. The number of carbonyl (C=O) groups excluding carboxylic acids is 1. The van der Waals surface area contributed by atoms with E-state index >= 15 is 0 Å². The van der Waals surface area contributed by atoms with Crippen molar-refractivity contribution < 1.29 is 32.5 Å². The van der Waals surface area contributed by atoms with Gasteiger partial charge in [-0.3, -0.25) is 4.90 Å². The van der Waals surface area contributed by atoms with Gasteiger partial charge in [-0.2, -0.15) is 4.31 Å². The van der Waals surface area contributed by atoms with Crippen LogP contribution >= 0.6 is 0 Å². The fourth-order valence-electron chi connectivity index (χ4n) is 5.44. The highest BCUT2D eigenvalue weighted by molar-refractivity contribution is 7.92. The van der Waals surface area contributed by atoms with E-state index in [2.05, 4.69) is 17.0 Å². The molecule has 0 radical (unpaired) electrons. The Labute approximate surface area is 267 Å². The summed E-state index contributed by atoms with van der Waals surface area (Å²) >= 11 is 0. The van der Waals surface area contributed by atoms with Gasteiger partial charge in [0.15, 0.2) is 0 Å². The summed E-state index contributed by atoms with van der Waals surface area (Å²) in [6.45, 7) is 6.27. The largest absolute Gasteiger partial charge is 0.491 e. The van der Waals surface area contributed by atoms with Gasteiger partial charge in [-0.15, -0.1) is 0 Å². The van der Waals surface area contributed by atoms with Crippen LogP contribution in [0.4, 0.5) is 10.5 Å². The summed E-state index contributed by atoms with van der Waals surface area (Å²) in [5, 5.41) is 11.1. The Morgan fingerprint density at radius 3 is 2.13 bits per heavy atom. The van der Waals surface area contributed by atoms with Gasteiger partial charge in [0.25, 0.3) is 0 Å². The molecule has 1 N–H and O–H groups in total. The summed E-state index contributed by atoms with van der Waals surface area (Å²) < 4.78 is 44.0. The van der Waals surface area contributed by atoms with Crippen molar-refractivity contribution in [3.05, 3.63) is 90.0 Å². The lowest BCUT2D eigenvalue weighted by Gasteiger charge is -2.35. The molecule has 1 aliphatic carbocycles. The molecule has 1 saturated carbocycles. The van der Waals surface area contributed by atoms with Crippen LogP contribution in [0, 0.1) is 0 Å². The van der Waals surface area contributed by atoms with E-state index < -0.39 is 27.8 Å². The maximum atomic E-state index is 13.2. The molecule has 0 aromatic heterocycles. The molecule has 3 aromatic rings. The Morgan fingerprint density at radius 2 is 1.53 bits per heavy atom. The van der Waals surface area contributed by atoms with Crippen LogP contribution in [0.1, 0.15) is 64.0 Å². The number of anilines is 1. The summed E-state index contributed by atoms with van der Waals surface area (Å²) in [4.78, 5) is 15.5. The molecular formula is C35H46N2O7S. The third-order valence-corrected chi connectivity index (χ3v) is 8.49. The van der Waals surface area contributed by atoms with E-state index in [9.17, 15) is 18.3 Å². The Kier molecular flexibility index (Phi) is 11.9. The third kappa shape index (κ3) is 10.8. The topological polar surface area (TPSA) is 106 Å². The highest BCUT2D eigenvalue weighted by atomic mass is 32.2.